The average Bonchev–Trinajstić information content (AvgIpc) is 3.69. The van der Waals surface area contributed by atoms with E-state index in [1.165, 1.54) is 0 Å². The van der Waals surface area contributed by atoms with E-state index in [2.05, 4.69) is 102 Å². The molecule has 0 saturated carbocycles. The minimum Gasteiger partial charge on any atom is -0.309 e. The summed E-state index contributed by atoms with van der Waals surface area (Å²) in [6, 6.07) is 64.3. The second-order valence-electron chi connectivity index (χ2n) is 14.6. The highest BCUT2D eigenvalue weighted by Gasteiger charge is 2.18. The van der Waals surface area contributed by atoms with Crippen LogP contribution in [0.15, 0.2) is 224 Å². The average molecular weight is 757 g/mol. The van der Waals surface area contributed by atoms with Crippen LogP contribution in [0.2, 0.25) is 0 Å². The normalized spacial score (nSPS) is 12.6. The van der Waals surface area contributed by atoms with E-state index in [-0.39, 0.29) is 29.7 Å². The molecule has 3 heteroatoms. The first-order valence-corrected chi connectivity index (χ1v) is 19.7. The number of benzene rings is 9. The van der Waals surface area contributed by atoms with E-state index >= 15 is 0 Å². The maximum atomic E-state index is 9.03. The number of hydrogen-bond acceptors (Lipinski definition) is 2. The molecule has 0 aliphatic rings. The van der Waals surface area contributed by atoms with Gasteiger partial charge in [-0.2, -0.15) is 0 Å². The Hall–Kier alpha value is -7.88. The first-order valence-electron chi connectivity index (χ1n) is 22.2. The molecule has 0 N–H and O–H groups in total. The third kappa shape index (κ3) is 6.26. The largest absolute Gasteiger partial charge is 0.309 e. The molecular weight excluding hydrogens is 715 g/mol. The molecule has 276 valence electrons. The zero-order valence-electron chi connectivity index (χ0n) is 36.8. The van der Waals surface area contributed by atoms with Gasteiger partial charge < -0.3 is 4.57 Å². The van der Waals surface area contributed by atoms with Gasteiger partial charge in [0.1, 0.15) is 0 Å². The van der Waals surface area contributed by atoms with Crippen LogP contribution in [0.4, 0.5) is 0 Å². The molecule has 11 rings (SSSR count). The summed E-state index contributed by atoms with van der Waals surface area (Å²) >= 11 is 0. The molecule has 3 nitrogen and oxygen atoms in total. The fourth-order valence-corrected chi connectivity index (χ4v) is 8.32. The third-order valence-electron chi connectivity index (χ3n) is 11.1. The van der Waals surface area contributed by atoms with Crippen LogP contribution in [0.3, 0.4) is 0 Å². The molecule has 9 aromatic carbocycles. The molecule has 2 aromatic heterocycles. The molecule has 0 spiro atoms. The molecule has 0 atom stereocenters. The van der Waals surface area contributed by atoms with Crippen LogP contribution >= 0.6 is 0 Å². The van der Waals surface area contributed by atoms with Crippen molar-refractivity contribution in [1.82, 2.24) is 14.5 Å². The van der Waals surface area contributed by atoms with Crippen LogP contribution in [-0.4, -0.2) is 14.5 Å². The monoisotopic (exact) mass is 756 g/mol. The van der Waals surface area contributed by atoms with E-state index in [9.17, 15) is 0 Å². The van der Waals surface area contributed by atoms with Gasteiger partial charge in [-0.1, -0.05) is 188 Å². The van der Waals surface area contributed by atoms with Gasteiger partial charge in [-0.3, -0.25) is 0 Å². The number of rotatable bonds is 7. The van der Waals surface area contributed by atoms with Crippen molar-refractivity contribution in [1.29, 1.82) is 0 Å². The van der Waals surface area contributed by atoms with Gasteiger partial charge >= 0.3 is 0 Å². The lowest BCUT2D eigenvalue weighted by Crippen LogP contribution is -1.97. The molecule has 0 bridgehead atoms. The van der Waals surface area contributed by atoms with Crippen molar-refractivity contribution >= 4 is 32.6 Å². The maximum Gasteiger partial charge on any atom is 0.160 e. The van der Waals surface area contributed by atoms with Gasteiger partial charge in [-0.05, 0) is 80.6 Å². The molecule has 0 saturated heterocycles. The lowest BCUT2D eigenvalue weighted by Gasteiger charge is -2.17. The SMILES string of the molecule is [2H]c1c([2H])c([2H])c(-c2cc(-c3ccc(-c4cc(-c5ccc(-c6ccccc6)cc5)nc(-c5ccccc5)n4)c4ccccc34)cc(-n3c4ccccc4c4ccccc43)c2)c([2H])c1[2H]. The van der Waals surface area contributed by atoms with E-state index < -0.39 is 6.04 Å². The molecule has 0 aliphatic heterocycles. The third-order valence-corrected chi connectivity index (χ3v) is 11.1. The minimum absolute atomic E-state index is 0.148. The summed E-state index contributed by atoms with van der Waals surface area (Å²) in [4.78, 5) is 10.3. The molecular formula is C56H37N3. The molecule has 0 radical (unpaired) electrons. The summed E-state index contributed by atoms with van der Waals surface area (Å²) in [6.45, 7) is 0. The Balaban J connectivity index is 1.13. The zero-order valence-corrected chi connectivity index (χ0v) is 31.8. The number of para-hydroxylation sites is 2. The predicted octanol–water partition coefficient (Wildman–Crippen LogP) is 14.7. The van der Waals surface area contributed by atoms with E-state index in [4.69, 9.17) is 16.8 Å². The van der Waals surface area contributed by atoms with Crippen molar-refractivity contribution in [2.75, 3.05) is 0 Å². The summed E-state index contributed by atoms with van der Waals surface area (Å²) in [5.41, 5.74) is 11.9. The maximum absolute atomic E-state index is 9.03. The van der Waals surface area contributed by atoms with Crippen molar-refractivity contribution in [3.63, 3.8) is 0 Å². The van der Waals surface area contributed by atoms with E-state index in [0.29, 0.717) is 11.4 Å². The van der Waals surface area contributed by atoms with Gasteiger partial charge in [0.2, 0.25) is 0 Å². The molecule has 59 heavy (non-hydrogen) atoms. The van der Waals surface area contributed by atoms with Gasteiger partial charge in [0.05, 0.1) is 29.3 Å². The van der Waals surface area contributed by atoms with Gasteiger partial charge in [0.25, 0.3) is 0 Å². The fraction of sp³-hybridized carbons (Fsp3) is 0. The van der Waals surface area contributed by atoms with Crippen LogP contribution in [-0.2, 0) is 0 Å². The number of hydrogen-bond donors (Lipinski definition) is 0. The van der Waals surface area contributed by atoms with E-state index in [1.807, 2.05) is 97.1 Å². The fourth-order valence-electron chi connectivity index (χ4n) is 8.32. The number of fused-ring (bicyclic) bond motifs is 4. The quantitative estimate of drug-likeness (QED) is 0.162. The second kappa shape index (κ2) is 14.6. The lowest BCUT2D eigenvalue weighted by molar-refractivity contribution is 1.18. The van der Waals surface area contributed by atoms with Crippen LogP contribution in [0, 0.1) is 0 Å². The smallest absolute Gasteiger partial charge is 0.160 e. The summed E-state index contributed by atoms with van der Waals surface area (Å²) < 4.78 is 45.8. The summed E-state index contributed by atoms with van der Waals surface area (Å²) in [5, 5.41) is 4.14. The molecule has 2 heterocycles. The summed E-state index contributed by atoms with van der Waals surface area (Å²) in [6.07, 6.45) is 0. The zero-order chi connectivity index (χ0) is 43.5. The molecule has 0 aliphatic carbocycles. The summed E-state index contributed by atoms with van der Waals surface area (Å²) in [5.74, 6) is 0.621. The molecule has 0 amide bonds. The Kier molecular flexibility index (Phi) is 7.25. The van der Waals surface area contributed by atoms with Crippen LogP contribution in [0.25, 0.3) is 106 Å². The van der Waals surface area contributed by atoms with E-state index in [1.54, 1.807) is 0 Å². The highest BCUT2D eigenvalue weighted by atomic mass is 15.0. The lowest BCUT2D eigenvalue weighted by atomic mass is 9.91. The highest BCUT2D eigenvalue weighted by molar-refractivity contribution is 6.10. The van der Waals surface area contributed by atoms with Crippen molar-refractivity contribution < 1.29 is 6.85 Å². The van der Waals surface area contributed by atoms with Gasteiger partial charge in [-0.25, -0.2) is 9.97 Å². The van der Waals surface area contributed by atoms with Crippen LogP contribution in [0.1, 0.15) is 6.85 Å². The number of aromatic nitrogens is 3. The van der Waals surface area contributed by atoms with Crippen LogP contribution < -0.4 is 0 Å². The van der Waals surface area contributed by atoms with Gasteiger partial charge in [0.15, 0.2) is 5.82 Å². The Morgan fingerprint density at radius 3 is 1.53 bits per heavy atom. The van der Waals surface area contributed by atoms with Crippen molar-refractivity contribution in [3.05, 3.63) is 224 Å². The Labute approximate surface area is 350 Å². The second-order valence-corrected chi connectivity index (χ2v) is 14.6. The minimum atomic E-state index is -0.424. The van der Waals surface area contributed by atoms with Crippen molar-refractivity contribution in [3.8, 4) is 73.0 Å². The topological polar surface area (TPSA) is 30.7 Å². The first-order chi connectivity index (χ1) is 31.3. The Morgan fingerprint density at radius 2 is 0.847 bits per heavy atom. The van der Waals surface area contributed by atoms with Gasteiger partial charge in [0, 0.05) is 33.2 Å². The van der Waals surface area contributed by atoms with Crippen LogP contribution in [0.5, 0.6) is 0 Å². The summed E-state index contributed by atoms with van der Waals surface area (Å²) in [7, 11) is 0. The van der Waals surface area contributed by atoms with Crippen molar-refractivity contribution in [2.45, 2.75) is 0 Å². The molecule has 0 unspecified atom stereocenters. The number of nitrogens with zero attached hydrogens (tertiary/aromatic N) is 3. The standard InChI is InChI=1S/C56H37N3/c1-4-16-38(17-5-1)40-28-30-41(31-29-40)52-37-53(58-56(57-52)42-20-8-3-9-21-42)49-33-32-46(47-22-10-11-23-48(47)49)44-34-43(39-18-6-2-7-19-39)35-45(36-44)59-54-26-14-12-24-50(54)51-25-13-15-27-55(51)59/h1-37H/i2D,6D,7D,18D,19D. The van der Waals surface area contributed by atoms with Crippen molar-refractivity contribution in [2.24, 2.45) is 0 Å². The first kappa shape index (κ1) is 29.4. The highest BCUT2D eigenvalue weighted by Crippen LogP contribution is 2.41. The van der Waals surface area contributed by atoms with Gasteiger partial charge in [-0.15, -0.1) is 0 Å². The molecule has 0 fully saturated rings. The Morgan fingerprint density at radius 1 is 0.339 bits per heavy atom. The predicted molar refractivity (Wildman–Crippen MR) is 246 cm³/mol. The van der Waals surface area contributed by atoms with E-state index in [0.717, 1.165) is 88.6 Å². The Bertz CT molecular complexity index is 3520. The molecule has 11 aromatic rings.